The summed E-state index contributed by atoms with van der Waals surface area (Å²) in [6, 6.07) is 1.54. The molecule has 2 aliphatic heterocycles. The number of hydrogen-bond acceptors (Lipinski definition) is 6. The molecule has 1 amide bonds. The lowest BCUT2D eigenvalue weighted by atomic mass is 10.1. The molecule has 0 bridgehead atoms. The zero-order chi connectivity index (χ0) is 25.2. The lowest BCUT2D eigenvalue weighted by Crippen LogP contribution is -2.33. The van der Waals surface area contributed by atoms with Crippen LogP contribution in [0, 0.1) is 29.4 Å². The van der Waals surface area contributed by atoms with Crippen molar-refractivity contribution in [2.45, 2.75) is 50.4 Å². The van der Waals surface area contributed by atoms with Crippen LogP contribution < -0.4 is 15.0 Å². The van der Waals surface area contributed by atoms with Crippen LogP contribution in [0.2, 0.25) is 0 Å². The van der Waals surface area contributed by atoms with Gasteiger partial charge in [0.1, 0.15) is 12.2 Å². The van der Waals surface area contributed by atoms with Crippen molar-refractivity contribution < 1.29 is 40.6 Å². The van der Waals surface area contributed by atoms with Crippen molar-refractivity contribution in [3.05, 3.63) is 35.2 Å². The second-order valence-electron chi connectivity index (χ2n) is 10.1. The highest BCUT2D eigenvalue weighted by Gasteiger charge is 2.47. The average Bonchev–Trinajstić information content (AvgIpc) is 3.24. The van der Waals surface area contributed by atoms with Gasteiger partial charge in [0.15, 0.2) is 23.1 Å². The maximum Gasteiger partial charge on any atom is 0.396 e. The number of rotatable bonds is 6. The molecule has 12 heteroatoms. The lowest BCUT2D eigenvalue weighted by Gasteiger charge is -2.20. The van der Waals surface area contributed by atoms with Gasteiger partial charge in [-0.2, -0.15) is 18.2 Å². The van der Waals surface area contributed by atoms with E-state index < -0.39 is 47.3 Å². The number of nitrogens with zero attached hydrogens (tertiary/aromatic N) is 2. The highest BCUT2D eigenvalue weighted by Crippen LogP contribution is 2.52. The number of nitrogens with one attached hydrogen (secondary N) is 1. The molecule has 4 fully saturated rings. The number of anilines is 2. The predicted molar refractivity (Wildman–Crippen MR) is 116 cm³/mol. The molecule has 3 unspecified atom stereocenters. The fourth-order valence-corrected chi connectivity index (χ4v) is 5.71. The number of fused-ring (bicyclic) bond motifs is 2. The van der Waals surface area contributed by atoms with E-state index in [-0.39, 0.29) is 29.8 Å². The maximum atomic E-state index is 14.6. The van der Waals surface area contributed by atoms with Crippen LogP contribution in [0.4, 0.5) is 33.7 Å². The molecule has 1 aromatic heterocycles. The minimum atomic E-state index is -4.66. The van der Waals surface area contributed by atoms with Gasteiger partial charge in [0.25, 0.3) is 11.9 Å². The van der Waals surface area contributed by atoms with Crippen LogP contribution in [0.5, 0.6) is 5.75 Å². The molecule has 0 spiro atoms. The van der Waals surface area contributed by atoms with Crippen LogP contribution in [0.15, 0.2) is 16.5 Å². The number of halogens is 5. The highest BCUT2D eigenvalue weighted by molar-refractivity contribution is 6.03. The number of benzene rings is 1. The number of carbonyl (C=O) groups is 1. The summed E-state index contributed by atoms with van der Waals surface area (Å²) >= 11 is 0. The third kappa shape index (κ3) is 4.51. The molecular weight excluding hydrogens is 489 g/mol. The quantitative estimate of drug-likeness (QED) is 0.564. The number of amides is 1. The zero-order valence-corrected chi connectivity index (χ0v) is 19.1. The monoisotopic (exact) mass is 513 g/mol. The molecule has 36 heavy (non-hydrogen) atoms. The second kappa shape index (κ2) is 8.60. The van der Waals surface area contributed by atoms with Gasteiger partial charge in [-0.15, -0.1) is 0 Å². The molecular formula is C24H24F5N3O4. The summed E-state index contributed by atoms with van der Waals surface area (Å²) in [7, 11) is 0. The highest BCUT2D eigenvalue weighted by atomic mass is 19.4. The van der Waals surface area contributed by atoms with Crippen LogP contribution in [0.3, 0.4) is 0 Å². The number of ether oxygens (including phenoxy) is 2. The summed E-state index contributed by atoms with van der Waals surface area (Å²) in [5.41, 5.74) is -0.861. The summed E-state index contributed by atoms with van der Waals surface area (Å²) in [5.74, 6) is -2.94. The van der Waals surface area contributed by atoms with Gasteiger partial charge in [-0.25, -0.2) is 8.78 Å². The van der Waals surface area contributed by atoms with Gasteiger partial charge >= 0.3 is 6.18 Å². The van der Waals surface area contributed by atoms with Crippen molar-refractivity contribution >= 4 is 17.6 Å². The van der Waals surface area contributed by atoms with Crippen molar-refractivity contribution in [1.29, 1.82) is 0 Å². The molecule has 3 heterocycles. The Balaban J connectivity index is 1.22. The molecule has 2 aromatic rings. The van der Waals surface area contributed by atoms with Gasteiger partial charge in [-0.1, -0.05) is 0 Å². The summed E-state index contributed by atoms with van der Waals surface area (Å²) in [6.45, 7) is 1.44. The second-order valence-corrected chi connectivity index (χ2v) is 10.1. The Morgan fingerprint density at radius 2 is 1.83 bits per heavy atom. The van der Waals surface area contributed by atoms with Crippen LogP contribution in [-0.2, 0) is 11.2 Å². The molecule has 0 radical (unpaired) electrons. The number of alkyl halides is 3. The van der Waals surface area contributed by atoms with Gasteiger partial charge in [0.2, 0.25) is 0 Å². The molecule has 2 aliphatic carbocycles. The number of aromatic nitrogens is 1. The standard InChI is InChI=1S/C24H24F5N3O4/c25-16-6-14(7-17(26)21(16)35-15-4-12-3-13(12)5-15)30-22(33)20-19(8-24(27,28)29)36-23(31-20)32-2-1-11-9-34-10-18(11)32/h6-7,11-13,15,18H,1-5,8-10H2,(H,30,33)/t11?,12-,13+,15?,18?. The number of carbonyl (C=O) groups excluding carboxylic acids is 1. The molecule has 6 rings (SSSR count). The van der Waals surface area contributed by atoms with Crippen LogP contribution in [-0.4, -0.2) is 49.0 Å². The third-order valence-electron chi connectivity index (χ3n) is 7.55. The van der Waals surface area contributed by atoms with E-state index in [1.165, 1.54) is 0 Å². The lowest BCUT2D eigenvalue weighted by molar-refractivity contribution is -0.130. The van der Waals surface area contributed by atoms with Gasteiger partial charge in [-0.05, 0) is 37.5 Å². The Bertz CT molecular complexity index is 1150. The Morgan fingerprint density at radius 3 is 2.53 bits per heavy atom. The van der Waals surface area contributed by atoms with Crippen molar-refractivity contribution in [3.63, 3.8) is 0 Å². The molecule has 2 saturated carbocycles. The molecule has 1 N–H and O–H groups in total. The Labute approximate surface area is 202 Å². The molecule has 7 nitrogen and oxygen atoms in total. The van der Waals surface area contributed by atoms with Crippen molar-refractivity contribution in [2.75, 3.05) is 30.0 Å². The van der Waals surface area contributed by atoms with Crippen molar-refractivity contribution in [3.8, 4) is 5.75 Å². The number of hydrogen-bond donors (Lipinski definition) is 1. The fourth-order valence-electron chi connectivity index (χ4n) is 5.71. The van der Waals surface area contributed by atoms with E-state index in [4.69, 9.17) is 13.9 Å². The van der Waals surface area contributed by atoms with Gasteiger partial charge < -0.3 is 24.1 Å². The Hall–Kier alpha value is -2.89. The SMILES string of the molecule is O=C(Nc1cc(F)c(OC2C[C@@H]3C[C@@H]3C2)c(F)c1)c1nc(N2CCC3COCC32)oc1CC(F)(F)F. The first-order valence-corrected chi connectivity index (χ1v) is 12.0. The smallest absolute Gasteiger partial charge is 0.396 e. The summed E-state index contributed by atoms with van der Waals surface area (Å²) in [5, 5.41) is 2.24. The Morgan fingerprint density at radius 1 is 1.11 bits per heavy atom. The van der Waals surface area contributed by atoms with Gasteiger partial charge in [-0.3, -0.25) is 4.79 Å². The van der Waals surface area contributed by atoms with E-state index >= 15 is 0 Å². The number of oxazole rings is 1. The minimum absolute atomic E-state index is 0.0974. The van der Waals surface area contributed by atoms with Crippen LogP contribution >= 0.6 is 0 Å². The summed E-state index contributed by atoms with van der Waals surface area (Å²) in [4.78, 5) is 18.6. The third-order valence-corrected chi connectivity index (χ3v) is 7.55. The van der Waals surface area contributed by atoms with E-state index in [0.717, 1.165) is 37.8 Å². The Kier molecular flexibility index (Phi) is 5.62. The minimum Gasteiger partial charge on any atom is -0.484 e. The van der Waals surface area contributed by atoms with E-state index in [9.17, 15) is 26.7 Å². The summed E-state index contributed by atoms with van der Waals surface area (Å²) in [6.07, 6.45) is -3.03. The maximum absolute atomic E-state index is 14.6. The van der Waals surface area contributed by atoms with E-state index in [2.05, 4.69) is 10.3 Å². The first-order valence-electron chi connectivity index (χ1n) is 12.0. The van der Waals surface area contributed by atoms with Gasteiger partial charge in [0, 0.05) is 30.3 Å². The van der Waals surface area contributed by atoms with Crippen molar-refractivity contribution in [2.24, 2.45) is 17.8 Å². The predicted octanol–water partition coefficient (Wildman–Crippen LogP) is 4.71. The van der Waals surface area contributed by atoms with Crippen molar-refractivity contribution in [1.82, 2.24) is 4.98 Å². The summed E-state index contributed by atoms with van der Waals surface area (Å²) < 4.78 is 85.2. The first kappa shape index (κ1) is 23.5. The first-order chi connectivity index (χ1) is 17.1. The zero-order valence-electron chi connectivity index (χ0n) is 19.1. The largest absolute Gasteiger partial charge is 0.484 e. The average molecular weight is 513 g/mol. The van der Waals surface area contributed by atoms with E-state index in [1.54, 1.807) is 4.90 Å². The fraction of sp³-hybridized carbons (Fsp3) is 0.583. The van der Waals surface area contributed by atoms with Crippen LogP contribution in [0.1, 0.15) is 41.9 Å². The van der Waals surface area contributed by atoms with Gasteiger partial charge in [0.05, 0.1) is 25.4 Å². The molecule has 4 aliphatic rings. The van der Waals surface area contributed by atoms with Crippen LogP contribution in [0.25, 0.3) is 0 Å². The van der Waals surface area contributed by atoms with E-state index in [1.807, 2.05) is 0 Å². The molecule has 1 aromatic carbocycles. The molecule has 194 valence electrons. The topological polar surface area (TPSA) is 76.8 Å². The molecule has 5 atom stereocenters. The van der Waals surface area contributed by atoms with E-state index in [0.29, 0.717) is 31.6 Å². The normalized spacial score (nSPS) is 28.8. The molecule has 2 saturated heterocycles.